The molecule has 2 N–H and O–H groups in total. The molecule has 0 fully saturated rings. The van der Waals surface area contributed by atoms with Crippen LogP contribution in [0.25, 0.3) is 0 Å². The lowest BCUT2D eigenvalue weighted by molar-refractivity contribution is -0.116. The van der Waals surface area contributed by atoms with Crippen molar-refractivity contribution in [1.82, 2.24) is 10.1 Å². The molecule has 2 amide bonds. The van der Waals surface area contributed by atoms with Crippen molar-refractivity contribution in [3.05, 3.63) is 41.2 Å². The van der Waals surface area contributed by atoms with Gasteiger partial charge in [0.05, 0.1) is 6.54 Å². The third-order valence-electron chi connectivity index (χ3n) is 3.68. The minimum atomic E-state index is -0.322. The Balaban J connectivity index is 1.62. The van der Waals surface area contributed by atoms with Crippen LogP contribution in [-0.4, -0.2) is 42.0 Å². The lowest BCUT2D eigenvalue weighted by atomic mass is 10.1. The summed E-state index contributed by atoms with van der Waals surface area (Å²) in [5, 5.41) is 9.53. The van der Waals surface area contributed by atoms with Crippen LogP contribution in [0.5, 0.6) is 0 Å². The largest absolute Gasteiger partial charge is 0.384 e. The van der Waals surface area contributed by atoms with Crippen molar-refractivity contribution >= 4 is 23.3 Å². The predicted octanol–water partition coefficient (Wildman–Crippen LogP) is 1.66. The number of likely N-dealkylation sites (N-methyl/N-ethyl adjacent to an activating group) is 1. The first-order valence-corrected chi connectivity index (χ1v) is 7.38. The molecule has 2 aromatic rings. The van der Waals surface area contributed by atoms with E-state index >= 15 is 0 Å². The molecular formula is C16H18N4O3. The summed E-state index contributed by atoms with van der Waals surface area (Å²) in [5.74, 6) is 0.441. The van der Waals surface area contributed by atoms with E-state index in [2.05, 4.69) is 15.8 Å². The summed E-state index contributed by atoms with van der Waals surface area (Å²) in [4.78, 5) is 25.8. The Morgan fingerprint density at radius 2 is 2.22 bits per heavy atom. The number of rotatable bonds is 4. The van der Waals surface area contributed by atoms with E-state index in [9.17, 15) is 9.59 Å². The zero-order valence-electron chi connectivity index (χ0n) is 13.0. The second-order valence-electron chi connectivity index (χ2n) is 5.58. The van der Waals surface area contributed by atoms with Gasteiger partial charge in [0.2, 0.25) is 5.91 Å². The van der Waals surface area contributed by atoms with Gasteiger partial charge in [-0.1, -0.05) is 5.16 Å². The van der Waals surface area contributed by atoms with E-state index in [1.165, 1.54) is 4.90 Å². The molecule has 3 rings (SSSR count). The summed E-state index contributed by atoms with van der Waals surface area (Å²) in [6, 6.07) is 7.18. The molecule has 0 atom stereocenters. The first-order chi connectivity index (χ1) is 11.0. The lowest BCUT2D eigenvalue weighted by Crippen LogP contribution is -2.35. The predicted molar refractivity (Wildman–Crippen MR) is 85.5 cm³/mol. The van der Waals surface area contributed by atoms with Crippen LogP contribution in [0, 0.1) is 6.92 Å². The van der Waals surface area contributed by atoms with Crippen molar-refractivity contribution in [3.8, 4) is 0 Å². The highest BCUT2D eigenvalue weighted by atomic mass is 16.5. The molecule has 1 aliphatic heterocycles. The SMILES string of the molecule is Cc1cc(NC(=O)CN(C)C(=O)c2ccc3c(c2)CCN3)no1. The molecule has 7 nitrogen and oxygen atoms in total. The molecule has 1 aromatic heterocycles. The van der Waals surface area contributed by atoms with Crippen molar-refractivity contribution in [3.63, 3.8) is 0 Å². The number of benzene rings is 1. The van der Waals surface area contributed by atoms with Crippen molar-refractivity contribution in [1.29, 1.82) is 0 Å². The van der Waals surface area contributed by atoms with Crippen LogP contribution in [0.4, 0.5) is 11.5 Å². The third-order valence-corrected chi connectivity index (χ3v) is 3.68. The Morgan fingerprint density at radius 3 is 2.96 bits per heavy atom. The zero-order chi connectivity index (χ0) is 16.4. The molecule has 0 unspecified atom stereocenters. The maximum atomic E-state index is 12.4. The molecule has 0 radical (unpaired) electrons. The molecule has 0 saturated heterocycles. The number of aryl methyl sites for hydroxylation is 1. The summed E-state index contributed by atoms with van der Waals surface area (Å²) < 4.78 is 4.88. The fourth-order valence-electron chi connectivity index (χ4n) is 2.55. The fourth-order valence-corrected chi connectivity index (χ4v) is 2.55. The van der Waals surface area contributed by atoms with Gasteiger partial charge < -0.3 is 20.1 Å². The van der Waals surface area contributed by atoms with E-state index < -0.39 is 0 Å². The second-order valence-corrected chi connectivity index (χ2v) is 5.58. The summed E-state index contributed by atoms with van der Waals surface area (Å²) in [5.41, 5.74) is 2.79. The maximum absolute atomic E-state index is 12.4. The van der Waals surface area contributed by atoms with Gasteiger partial charge in [0.15, 0.2) is 5.82 Å². The van der Waals surface area contributed by atoms with E-state index in [-0.39, 0.29) is 18.4 Å². The summed E-state index contributed by atoms with van der Waals surface area (Å²) in [6.45, 7) is 2.57. The van der Waals surface area contributed by atoms with Crippen LogP contribution in [-0.2, 0) is 11.2 Å². The van der Waals surface area contributed by atoms with Gasteiger partial charge in [-0.3, -0.25) is 9.59 Å². The molecule has 23 heavy (non-hydrogen) atoms. The smallest absolute Gasteiger partial charge is 0.254 e. The average molecular weight is 314 g/mol. The minimum Gasteiger partial charge on any atom is -0.384 e. The zero-order valence-corrected chi connectivity index (χ0v) is 13.0. The number of hydrogen-bond donors (Lipinski definition) is 2. The van der Waals surface area contributed by atoms with Gasteiger partial charge in [-0.2, -0.15) is 0 Å². The Labute approximate surface area is 133 Å². The summed E-state index contributed by atoms with van der Waals surface area (Å²) >= 11 is 0. The van der Waals surface area contributed by atoms with Gasteiger partial charge >= 0.3 is 0 Å². The van der Waals surface area contributed by atoms with E-state index in [1.807, 2.05) is 12.1 Å². The number of carbonyl (C=O) groups excluding carboxylic acids is 2. The first-order valence-electron chi connectivity index (χ1n) is 7.38. The Hall–Kier alpha value is -2.83. The number of aromatic nitrogens is 1. The minimum absolute atomic E-state index is 0.0555. The monoisotopic (exact) mass is 314 g/mol. The van der Waals surface area contributed by atoms with E-state index in [0.29, 0.717) is 17.1 Å². The fraction of sp³-hybridized carbons (Fsp3) is 0.312. The molecule has 0 aliphatic carbocycles. The van der Waals surface area contributed by atoms with Crippen LogP contribution in [0.2, 0.25) is 0 Å². The molecule has 0 saturated carbocycles. The Kier molecular flexibility index (Phi) is 4.01. The number of fused-ring (bicyclic) bond motifs is 1. The highest BCUT2D eigenvalue weighted by molar-refractivity contribution is 5.99. The highest BCUT2D eigenvalue weighted by Gasteiger charge is 2.18. The van der Waals surface area contributed by atoms with Gasteiger partial charge in [-0.25, -0.2) is 0 Å². The second kappa shape index (κ2) is 6.12. The normalized spacial score (nSPS) is 12.4. The quantitative estimate of drug-likeness (QED) is 0.896. The molecule has 7 heteroatoms. The topological polar surface area (TPSA) is 87.5 Å². The lowest BCUT2D eigenvalue weighted by Gasteiger charge is -2.16. The maximum Gasteiger partial charge on any atom is 0.254 e. The van der Waals surface area contributed by atoms with Crippen molar-refractivity contribution in [2.45, 2.75) is 13.3 Å². The van der Waals surface area contributed by atoms with Crippen LogP contribution >= 0.6 is 0 Å². The number of nitrogens with one attached hydrogen (secondary N) is 2. The third kappa shape index (κ3) is 3.33. The van der Waals surface area contributed by atoms with E-state index in [4.69, 9.17) is 4.52 Å². The van der Waals surface area contributed by atoms with Crippen LogP contribution in [0.3, 0.4) is 0 Å². The molecule has 1 aliphatic rings. The van der Waals surface area contributed by atoms with Gasteiger partial charge in [0.1, 0.15) is 5.76 Å². The molecule has 1 aromatic carbocycles. The average Bonchev–Trinajstić information content (AvgIpc) is 3.14. The molecule has 2 heterocycles. The van der Waals surface area contributed by atoms with Crippen molar-refractivity contribution < 1.29 is 14.1 Å². The standard InChI is InChI=1S/C16H18N4O3/c1-10-7-14(19-23-10)18-15(21)9-20(2)16(22)12-3-4-13-11(8-12)5-6-17-13/h3-4,7-8,17H,5-6,9H2,1-2H3,(H,18,19,21). The Bertz CT molecular complexity index is 754. The van der Waals surface area contributed by atoms with E-state index in [0.717, 1.165) is 24.2 Å². The molecule has 0 spiro atoms. The number of nitrogens with zero attached hydrogens (tertiary/aromatic N) is 2. The molecular weight excluding hydrogens is 296 g/mol. The molecule has 0 bridgehead atoms. The van der Waals surface area contributed by atoms with Crippen molar-refractivity contribution in [2.24, 2.45) is 0 Å². The van der Waals surface area contributed by atoms with Gasteiger partial charge in [0, 0.05) is 30.9 Å². The number of carbonyl (C=O) groups is 2. The van der Waals surface area contributed by atoms with Gasteiger partial charge in [-0.15, -0.1) is 0 Å². The van der Waals surface area contributed by atoms with Crippen LogP contribution < -0.4 is 10.6 Å². The number of amides is 2. The van der Waals surface area contributed by atoms with E-state index in [1.54, 1.807) is 26.1 Å². The van der Waals surface area contributed by atoms with Crippen LogP contribution in [0.1, 0.15) is 21.7 Å². The van der Waals surface area contributed by atoms with Gasteiger partial charge in [-0.05, 0) is 37.1 Å². The Morgan fingerprint density at radius 1 is 1.39 bits per heavy atom. The summed E-state index contributed by atoms with van der Waals surface area (Å²) in [6.07, 6.45) is 0.909. The number of hydrogen-bond acceptors (Lipinski definition) is 5. The van der Waals surface area contributed by atoms with Gasteiger partial charge in [0.25, 0.3) is 5.91 Å². The number of anilines is 2. The van der Waals surface area contributed by atoms with Crippen molar-refractivity contribution in [2.75, 3.05) is 30.8 Å². The molecule has 120 valence electrons. The first kappa shape index (κ1) is 15.1. The summed E-state index contributed by atoms with van der Waals surface area (Å²) in [7, 11) is 1.60. The highest BCUT2D eigenvalue weighted by Crippen LogP contribution is 2.23. The van der Waals surface area contributed by atoms with Crippen LogP contribution in [0.15, 0.2) is 28.8 Å².